The van der Waals surface area contributed by atoms with Crippen LogP contribution in [0.5, 0.6) is 0 Å². The molecule has 2 amide bonds. The highest BCUT2D eigenvalue weighted by Gasteiger charge is 2.54. The number of pyridine rings is 1. The molecule has 3 atom stereocenters. The molecule has 2 aromatic carbocycles. The van der Waals surface area contributed by atoms with E-state index in [-0.39, 0.29) is 36.8 Å². The van der Waals surface area contributed by atoms with E-state index in [9.17, 15) is 9.59 Å². The second-order valence-electron chi connectivity index (χ2n) is 11.5. The highest BCUT2D eigenvalue weighted by Crippen LogP contribution is 2.42. The predicted molar refractivity (Wildman–Crippen MR) is 152 cm³/mol. The van der Waals surface area contributed by atoms with Crippen molar-refractivity contribution in [2.45, 2.75) is 57.4 Å². The van der Waals surface area contributed by atoms with Gasteiger partial charge in [0.15, 0.2) is 0 Å². The molecule has 8 heteroatoms. The van der Waals surface area contributed by atoms with Gasteiger partial charge in [-0.05, 0) is 50.5 Å². The Hall–Kier alpha value is -4.33. The zero-order chi connectivity index (χ0) is 27.9. The van der Waals surface area contributed by atoms with Crippen LogP contribution in [0.4, 0.5) is 9.59 Å². The van der Waals surface area contributed by atoms with Crippen LogP contribution in [0.2, 0.25) is 0 Å². The van der Waals surface area contributed by atoms with Crippen molar-refractivity contribution in [3.8, 4) is 11.1 Å². The van der Waals surface area contributed by atoms with Crippen molar-refractivity contribution in [1.29, 1.82) is 0 Å². The van der Waals surface area contributed by atoms with Crippen LogP contribution in [0.1, 0.15) is 44.4 Å². The van der Waals surface area contributed by atoms with Gasteiger partial charge in [-0.15, -0.1) is 0 Å². The van der Waals surface area contributed by atoms with E-state index in [1.54, 1.807) is 9.80 Å². The third kappa shape index (κ3) is 5.01. The van der Waals surface area contributed by atoms with E-state index < -0.39 is 5.60 Å². The average Bonchev–Trinajstić information content (AvgIpc) is 3.66. The van der Waals surface area contributed by atoms with Gasteiger partial charge in [-0.2, -0.15) is 0 Å². The maximum absolute atomic E-state index is 13.4. The van der Waals surface area contributed by atoms with E-state index in [0.717, 1.165) is 28.0 Å². The van der Waals surface area contributed by atoms with Crippen LogP contribution in [0.3, 0.4) is 0 Å². The maximum atomic E-state index is 13.4. The van der Waals surface area contributed by atoms with Gasteiger partial charge in [-0.25, -0.2) is 14.6 Å². The molecule has 8 nitrogen and oxygen atoms in total. The minimum atomic E-state index is -0.620. The molecule has 2 aromatic heterocycles. The molecule has 0 saturated carbocycles. The second kappa shape index (κ2) is 10.3. The number of benzene rings is 2. The zero-order valence-electron chi connectivity index (χ0n) is 23.1. The van der Waals surface area contributed by atoms with Crippen molar-refractivity contribution in [1.82, 2.24) is 19.2 Å². The molecule has 4 heterocycles. The molecule has 0 N–H and O–H groups in total. The van der Waals surface area contributed by atoms with E-state index >= 15 is 0 Å². The van der Waals surface area contributed by atoms with Gasteiger partial charge in [-0.3, -0.25) is 0 Å². The van der Waals surface area contributed by atoms with Gasteiger partial charge >= 0.3 is 12.2 Å². The molecule has 6 rings (SSSR count). The number of carbonyl (C=O) groups excluding carboxylic acids is 2. The fourth-order valence-corrected chi connectivity index (χ4v) is 5.95. The Bertz CT molecular complexity index is 1510. The normalized spacial score (nSPS) is 20.5. The topological polar surface area (TPSA) is 76.4 Å². The second-order valence-corrected chi connectivity index (χ2v) is 11.5. The third-order valence-corrected chi connectivity index (χ3v) is 7.66. The summed E-state index contributed by atoms with van der Waals surface area (Å²) in [6.07, 6.45) is 3.92. The highest BCUT2D eigenvalue weighted by molar-refractivity contribution is 5.78. The van der Waals surface area contributed by atoms with Gasteiger partial charge in [0.05, 0.1) is 17.8 Å². The Balaban J connectivity index is 1.33. The first-order chi connectivity index (χ1) is 19.3. The predicted octanol–water partition coefficient (Wildman–Crippen LogP) is 6.12. The number of nitrogens with zero attached hydrogens (tertiary/aromatic N) is 4. The Morgan fingerprint density at radius 3 is 2.38 bits per heavy atom. The number of aromatic nitrogens is 2. The van der Waals surface area contributed by atoms with E-state index in [1.165, 1.54) is 0 Å². The maximum Gasteiger partial charge on any atom is 0.410 e. The molecule has 4 aromatic rings. The first-order valence-electron chi connectivity index (χ1n) is 13.8. The number of carbonyl (C=O) groups is 2. The highest BCUT2D eigenvalue weighted by atomic mass is 16.6. The van der Waals surface area contributed by atoms with Crippen LogP contribution in [0, 0.1) is 0 Å². The monoisotopic (exact) mass is 538 g/mol. The van der Waals surface area contributed by atoms with Crippen molar-refractivity contribution >= 4 is 17.8 Å². The van der Waals surface area contributed by atoms with E-state index in [2.05, 4.69) is 18.2 Å². The molecule has 0 radical (unpaired) electrons. The standard InChI is InChI=1S/C32H34N4O4/c1-32(2,3)40-31(38)35-18-16-27-28(35)25(19-36(27)30(37)39-21-22-11-6-4-7-12-22)26-20-34-17-10-15-24(29(34)33-26)23-13-8-5-9-14-23/h4-15,17,20,25,27-28H,16,18-19,21H2,1-3H3/t25-,27-,28-/m1/s1. The number of amides is 2. The molecule has 40 heavy (non-hydrogen) atoms. The molecular weight excluding hydrogens is 504 g/mol. The fraction of sp³-hybridized carbons (Fsp3) is 0.344. The SMILES string of the molecule is CC(C)(C)OC(=O)N1CC[C@@H]2[C@H]1[C@@H](c1cn3cccc(-c4ccccc4)c3n1)CN2C(=O)OCc1ccccc1. The van der Waals surface area contributed by atoms with Gasteiger partial charge in [0.25, 0.3) is 0 Å². The van der Waals surface area contributed by atoms with Crippen molar-refractivity contribution in [2.75, 3.05) is 13.1 Å². The summed E-state index contributed by atoms with van der Waals surface area (Å²) in [7, 11) is 0. The molecular formula is C32H34N4O4. The van der Waals surface area contributed by atoms with Gasteiger partial charge in [0.1, 0.15) is 17.9 Å². The average molecular weight is 539 g/mol. The zero-order valence-corrected chi connectivity index (χ0v) is 23.1. The number of rotatable bonds is 4. The summed E-state index contributed by atoms with van der Waals surface area (Å²) in [5.74, 6) is -0.187. The number of hydrogen-bond acceptors (Lipinski definition) is 5. The fourth-order valence-electron chi connectivity index (χ4n) is 5.95. The smallest absolute Gasteiger partial charge is 0.410 e. The Kier molecular flexibility index (Phi) is 6.70. The first kappa shape index (κ1) is 25.9. The molecule has 2 aliphatic rings. The van der Waals surface area contributed by atoms with Crippen molar-refractivity contribution in [2.24, 2.45) is 0 Å². The molecule has 2 saturated heterocycles. The van der Waals surface area contributed by atoms with Crippen LogP contribution >= 0.6 is 0 Å². The molecule has 0 aliphatic carbocycles. The van der Waals surface area contributed by atoms with Gasteiger partial charge in [0, 0.05) is 37.0 Å². The first-order valence-corrected chi connectivity index (χ1v) is 13.8. The Labute approximate surface area is 234 Å². The van der Waals surface area contributed by atoms with Crippen molar-refractivity contribution in [3.63, 3.8) is 0 Å². The van der Waals surface area contributed by atoms with E-state index in [1.807, 2.05) is 92.2 Å². The molecule has 0 bridgehead atoms. The Morgan fingerprint density at radius 1 is 0.925 bits per heavy atom. The van der Waals surface area contributed by atoms with Gasteiger partial charge in [0.2, 0.25) is 0 Å². The van der Waals surface area contributed by atoms with E-state index in [4.69, 9.17) is 14.5 Å². The van der Waals surface area contributed by atoms with Gasteiger partial charge in [-0.1, -0.05) is 60.7 Å². The van der Waals surface area contributed by atoms with Crippen LogP contribution in [0.25, 0.3) is 16.8 Å². The van der Waals surface area contributed by atoms with Crippen molar-refractivity contribution in [3.05, 3.63) is 96.4 Å². The molecule has 2 fully saturated rings. The number of hydrogen-bond donors (Lipinski definition) is 0. The van der Waals surface area contributed by atoms with Crippen LogP contribution in [-0.2, 0) is 16.1 Å². The quantitative estimate of drug-likeness (QED) is 0.313. The molecule has 0 unspecified atom stereocenters. The largest absolute Gasteiger partial charge is 0.445 e. The number of likely N-dealkylation sites (tertiary alicyclic amines) is 2. The molecule has 0 spiro atoms. The van der Waals surface area contributed by atoms with E-state index in [0.29, 0.717) is 19.5 Å². The summed E-state index contributed by atoms with van der Waals surface area (Å²) in [5, 5.41) is 0. The lowest BCUT2D eigenvalue weighted by atomic mass is 9.96. The minimum absolute atomic E-state index is 0.181. The summed E-state index contributed by atoms with van der Waals surface area (Å²) >= 11 is 0. The number of imidazole rings is 1. The summed E-state index contributed by atoms with van der Waals surface area (Å²) < 4.78 is 13.5. The van der Waals surface area contributed by atoms with Crippen molar-refractivity contribution < 1.29 is 19.1 Å². The lowest BCUT2D eigenvalue weighted by Gasteiger charge is -2.30. The number of fused-ring (bicyclic) bond motifs is 2. The summed E-state index contributed by atoms with van der Waals surface area (Å²) in [6.45, 7) is 6.71. The van der Waals surface area contributed by atoms with Crippen LogP contribution < -0.4 is 0 Å². The third-order valence-electron chi connectivity index (χ3n) is 7.66. The van der Waals surface area contributed by atoms with Crippen LogP contribution in [-0.4, -0.2) is 62.1 Å². The summed E-state index contributed by atoms with van der Waals surface area (Å²) in [6, 6.07) is 23.4. The lowest BCUT2D eigenvalue weighted by molar-refractivity contribution is 0.0209. The number of ether oxygens (including phenoxy) is 2. The molecule has 2 aliphatic heterocycles. The Morgan fingerprint density at radius 2 is 1.65 bits per heavy atom. The van der Waals surface area contributed by atoms with Crippen LogP contribution in [0.15, 0.2) is 85.2 Å². The lowest BCUT2D eigenvalue weighted by Crippen LogP contribution is -2.45. The summed E-state index contributed by atoms with van der Waals surface area (Å²) in [5.41, 5.74) is 4.10. The molecule has 206 valence electrons. The van der Waals surface area contributed by atoms with Gasteiger partial charge < -0.3 is 23.7 Å². The minimum Gasteiger partial charge on any atom is -0.445 e. The summed E-state index contributed by atoms with van der Waals surface area (Å²) in [4.78, 5) is 35.4.